The molecule has 0 saturated carbocycles. The van der Waals surface area contributed by atoms with Crippen molar-refractivity contribution in [1.29, 1.82) is 0 Å². The second-order valence-corrected chi connectivity index (χ2v) is 4.97. The summed E-state index contributed by atoms with van der Waals surface area (Å²) in [6.07, 6.45) is 0.471. The standard InChI is InChI=1S/C11H13NO2S/c1-7(2)11(14)12-8(6-10(12)13)9-4-3-5-15-9/h3-5,7-8H,6H2,1-2H3/t8-/m1/s1. The number of hydrogen-bond acceptors (Lipinski definition) is 3. The van der Waals surface area contributed by atoms with Gasteiger partial charge in [-0.2, -0.15) is 0 Å². The summed E-state index contributed by atoms with van der Waals surface area (Å²) in [4.78, 5) is 25.6. The van der Waals surface area contributed by atoms with Crippen LogP contribution in [-0.4, -0.2) is 16.7 Å². The van der Waals surface area contributed by atoms with E-state index in [1.807, 2.05) is 31.4 Å². The fraction of sp³-hybridized carbons (Fsp3) is 0.455. The molecule has 1 aliphatic heterocycles. The number of rotatable bonds is 2. The van der Waals surface area contributed by atoms with Crippen LogP contribution < -0.4 is 0 Å². The lowest BCUT2D eigenvalue weighted by Crippen LogP contribution is -2.51. The number of thiophene rings is 1. The van der Waals surface area contributed by atoms with Gasteiger partial charge in [-0.15, -0.1) is 11.3 Å². The molecule has 2 amide bonds. The molecule has 2 rings (SSSR count). The van der Waals surface area contributed by atoms with Crippen molar-refractivity contribution in [2.75, 3.05) is 0 Å². The maximum Gasteiger partial charge on any atom is 0.232 e. The molecule has 0 bridgehead atoms. The average molecular weight is 223 g/mol. The third-order valence-electron chi connectivity index (χ3n) is 2.55. The van der Waals surface area contributed by atoms with Crippen molar-refractivity contribution in [3.05, 3.63) is 22.4 Å². The van der Waals surface area contributed by atoms with Crippen molar-refractivity contribution >= 4 is 23.2 Å². The summed E-state index contributed by atoms with van der Waals surface area (Å²) in [6, 6.07) is 3.91. The molecule has 4 heteroatoms. The summed E-state index contributed by atoms with van der Waals surface area (Å²) in [5.41, 5.74) is 0. The largest absolute Gasteiger partial charge is 0.274 e. The third-order valence-corrected chi connectivity index (χ3v) is 3.52. The molecule has 15 heavy (non-hydrogen) atoms. The number of hydrogen-bond donors (Lipinski definition) is 0. The normalized spacial score (nSPS) is 20.6. The quantitative estimate of drug-likeness (QED) is 0.721. The summed E-state index contributed by atoms with van der Waals surface area (Å²) < 4.78 is 0. The molecule has 1 aromatic rings. The molecule has 1 aliphatic rings. The van der Waals surface area contributed by atoms with Crippen molar-refractivity contribution in [2.24, 2.45) is 5.92 Å². The summed E-state index contributed by atoms with van der Waals surface area (Å²) in [6.45, 7) is 3.64. The predicted molar refractivity (Wildman–Crippen MR) is 58.4 cm³/mol. The Morgan fingerprint density at radius 1 is 1.60 bits per heavy atom. The Kier molecular flexibility index (Phi) is 2.61. The van der Waals surface area contributed by atoms with Gasteiger partial charge in [-0.05, 0) is 11.4 Å². The van der Waals surface area contributed by atoms with Gasteiger partial charge >= 0.3 is 0 Å². The number of likely N-dealkylation sites (tertiary alicyclic amines) is 1. The second kappa shape index (κ2) is 3.77. The molecule has 1 aromatic heterocycles. The van der Waals surface area contributed by atoms with Crippen LogP contribution in [0.4, 0.5) is 0 Å². The Morgan fingerprint density at radius 3 is 2.80 bits per heavy atom. The highest BCUT2D eigenvalue weighted by Gasteiger charge is 2.42. The maximum atomic E-state index is 11.8. The average Bonchev–Trinajstić information content (AvgIpc) is 2.66. The topological polar surface area (TPSA) is 37.4 Å². The van der Waals surface area contributed by atoms with E-state index in [9.17, 15) is 9.59 Å². The fourth-order valence-corrected chi connectivity index (χ4v) is 2.50. The van der Waals surface area contributed by atoms with Crippen LogP contribution >= 0.6 is 11.3 Å². The van der Waals surface area contributed by atoms with Gasteiger partial charge in [-0.1, -0.05) is 19.9 Å². The van der Waals surface area contributed by atoms with Gasteiger partial charge < -0.3 is 0 Å². The van der Waals surface area contributed by atoms with Crippen molar-refractivity contribution in [3.8, 4) is 0 Å². The fourth-order valence-electron chi connectivity index (χ4n) is 1.68. The van der Waals surface area contributed by atoms with Gasteiger partial charge in [-0.25, -0.2) is 0 Å². The number of carbonyl (C=O) groups excluding carboxylic acids is 2. The van der Waals surface area contributed by atoms with Crippen LogP contribution in [-0.2, 0) is 9.59 Å². The van der Waals surface area contributed by atoms with Crippen LogP contribution in [0, 0.1) is 5.92 Å². The molecule has 0 unspecified atom stereocenters. The molecule has 0 spiro atoms. The molecule has 0 aromatic carbocycles. The highest BCUT2D eigenvalue weighted by atomic mass is 32.1. The first kappa shape index (κ1) is 10.4. The van der Waals surface area contributed by atoms with E-state index in [1.165, 1.54) is 4.90 Å². The SMILES string of the molecule is CC(C)C(=O)N1C(=O)C[C@@H]1c1cccs1. The number of imide groups is 1. The molecule has 0 radical (unpaired) electrons. The smallest absolute Gasteiger partial charge is 0.232 e. The highest BCUT2D eigenvalue weighted by molar-refractivity contribution is 7.10. The monoisotopic (exact) mass is 223 g/mol. The van der Waals surface area contributed by atoms with Gasteiger partial charge in [0.1, 0.15) is 0 Å². The zero-order chi connectivity index (χ0) is 11.0. The Balaban J connectivity index is 2.17. The van der Waals surface area contributed by atoms with Crippen LogP contribution in [0.5, 0.6) is 0 Å². The van der Waals surface area contributed by atoms with Gasteiger partial charge in [0.25, 0.3) is 0 Å². The zero-order valence-electron chi connectivity index (χ0n) is 8.77. The lowest BCUT2D eigenvalue weighted by molar-refractivity contribution is -0.160. The lowest BCUT2D eigenvalue weighted by atomic mass is 9.98. The predicted octanol–water partition coefficient (Wildman–Crippen LogP) is 2.20. The van der Waals surface area contributed by atoms with Crippen molar-refractivity contribution in [2.45, 2.75) is 26.3 Å². The highest BCUT2D eigenvalue weighted by Crippen LogP contribution is 2.37. The van der Waals surface area contributed by atoms with E-state index in [1.54, 1.807) is 11.3 Å². The van der Waals surface area contributed by atoms with Gasteiger partial charge in [0, 0.05) is 10.8 Å². The van der Waals surface area contributed by atoms with Gasteiger partial charge in [0.05, 0.1) is 12.5 Å². The van der Waals surface area contributed by atoms with Crippen LogP contribution in [0.1, 0.15) is 31.2 Å². The maximum absolute atomic E-state index is 11.8. The number of carbonyl (C=O) groups is 2. The van der Waals surface area contributed by atoms with Gasteiger partial charge in [0.15, 0.2) is 0 Å². The molecule has 2 heterocycles. The first-order valence-corrected chi connectivity index (χ1v) is 5.88. The van der Waals surface area contributed by atoms with E-state index in [0.29, 0.717) is 6.42 Å². The van der Waals surface area contributed by atoms with Crippen molar-refractivity contribution in [3.63, 3.8) is 0 Å². The molecule has 3 nitrogen and oxygen atoms in total. The summed E-state index contributed by atoms with van der Waals surface area (Å²) >= 11 is 1.60. The van der Waals surface area contributed by atoms with E-state index in [4.69, 9.17) is 0 Å². The summed E-state index contributed by atoms with van der Waals surface area (Å²) in [5, 5.41) is 1.97. The van der Waals surface area contributed by atoms with Gasteiger partial charge in [0.2, 0.25) is 11.8 Å². The third kappa shape index (κ3) is 1.69. The Bertz CT molecular complexity index is 383. The van der Waals surface area contributed by atoms with Crippen LogP contribution in [0.25, 0.3) is 0 Å². The van der Waals surface area contributed by atoms with E-state index >= 15 is 0 Å². The van der Waals surface area contributed by atoms with Crippen molar-refractivity contribution in [1.82, 2.24) is 4.90 Å². The first-order valence-electron chi connectivity index (χ1n) is 5.00. The summed E-state index contributed by atoms with van der Waals surface area (Å²) in [7, 11) is 0. The van der Waals surface area contributed by atoms with E-state index in [-0.39, 0.29) is 23.8 Å². The van der Waals surface area contributed by atoms with Crippen LogP contribution in [0.3, 0.4) is 0 Å². The molecule has 80 valence electrons. The molecule has 0 aliphatic carbocycles. The molecule has 1 atom stereocenters. The van der Waals surface area contributed by atoms with Crippen LogP contribution in [0.2, 0.25) is 0 Å². The minimum atomic E-state index is -0.114. The van der Waals surface area contributed by atoms with E-state index < -0.39 is 0 Å². The minimum Gasteiger partial charge on any atom is -0.274 e. The Labute approximate surface area is 92.7 Å². The summed E-state index contributed by atoms with van der Waals surface area (Å²) in [5.74, 6) is -0.228. The zero-order valence-corrected chi connectivity index (χ0v) is 9.58. The number of nitrogens with zero attached hydrogens (tertiary/aromatic N) is 1. The second-order valence-electron chi connectivity index (χ2n) is 3.99. The lowest BCUT2D eigenvalue weighted by Gasteiger charge is -2.39. The Hall–Kier alpha value is -1.16. The van der Waals surface area contributed by atoms with E-state index in [2.05, 4.69) is 0 Å². The number of β-lactam (4-membered cyclic amide) rings is 1. The van der Waals surface area contributed by atoms with E-state index in [0.717, 1.165) is 4.88 Å². The molecule has 1 saturated heterocycles. The van der Waals surface area contributed by atoms with Gasteiger partial charge in [-0.3, -0.25) is 14.5 Å². The van der Waals surface area contributed by atoms with Crippen molar-refractivity contribution < 1.29 is 9.59 Å². The minimum absolute atomic E-state index is 0.00704. The van der Waals surface area contributed by atoms with Crippen LogP contribution in [0.15, 0.2) is 17.5 Å². The molecular weight excluding hydrogens is 210 g/mol. The Morgan fingerprint density at radius 2 is 2.33 bits per heavy atom. The molecule has 1 fully saturated rings. The molecule has 0 N–H and O–H groups in total. The molecular formula is C11H13NO2S. The first-order chi connectivity index (χ1) is 7.11. The number of amides is 2.